The summed E-state index contributed by atoms with van der Waals surface area (Å²) >= 11 is 0. The van der Waals surface area contributed by atoms with Crippen molar-refractivity contribution < 1.29 is 23.1 Å². The summed E-state index contributed by atoms with van der Waals surface area (Å²) in [4.78, 5) is 10.6. The van der Waals surface area contributed by atoms with Gasteiger partial charge in [-0.1, -0.05) is 12.1 Å². The van der Waals surface area contributed by atoms with Gasteiger partial charge in [-0.25, -0.2) is 17.9 Å². The first-order valence-electron chi connectivity index (χ1n) is 6.60. The van der Waals surface area contributed by atoms with Gasteiger partial charge in [-0.15, -0.1) is 0 Å². The van der Waals surface area contributed by atoms with Crippen LogP contribution in [0.3, 0.4) is 0 Å². The van der Waals surface area contributed by atoms with Gasteiger partial charge >= 0.3 is 5.97 Å². The van der Waals surface area contributed by atoms with Gasteiger partial charge in [0.15, 0.2) is 0 Å². The van der Waals surface area contributed by atoms with Crippen LogP contribution in [0.15, 0.2) is 35.2 Å². The third kappa shape index (κ3) is 4.66. The molecule has 1 aromatic carbocycles. The third-order valence-corrected chi connectivity index (χ3v) is 4.57. The van der Waals surface area contributed by atoms with Gasteiger partial charge in [0, 0.05) is 19.2 Å². The minimum Gasteiger partial charge on any atom is -0.478 e. The number of benzene rings is 1. The molecule has 1 aliphatic rings. The molecule has 7 heteroatoms. The SMILES string of the molecule is O=C(O)C=Cc1ccc(S(=O)(=O)NCC2CCCO2)cc1. The first kappa shape index (κ1) is 15.7. The summed E-state index contributed by atoms with van der Waals surface area (Å²) in [5.41, 5.74) is 0.621. The van der Waals surface area contributed by atoms with E-state index in [-0.39, 0.29) is 17.5 Å². The molecule has 0 amide bonds. The van der Waals surface area contributed by atoms with Gasteiger partial charge in [-0.2, -0.15) is 0 Å². The zero-order valence-corrected chi connectivity index (χ0v) is 12.2. The Kier molecular flexibility index (Phi) is 5.11. The molecular formula is C14H17NO5S. The van der Waals surface area contributed by atoms with E-state index in [2.05, 4.69) is 4.72 Å². The summed E-state index contributed by atoms with van der Waals surface area (Å²) in [6.45, 7) is 0.944. The monoisotopic (exact) mass is 311 g/mol. The Hall–Kier alpha value is -1.70. The standard InChI is InChI=1S/C14H17NO5S/c16-14(17)8-5-11-3-6-13(7-4-11)21(18,19)15-10-12-2-1-9-20-12/h3-8,12,15H,1-2,9-10H2,(H,16,17). The molecule has 0 saturated carbocycles. The van der Waals surface area contributed by atoms with Crippen molar-refractivity contribution in [3.05, 3.63) is 35.9 Å². The minimum atomic E-state index is -3.57. The normalized spacial score (nSPS) is 19.1. The highest BCUT2D eigenvalue weighted by Crippen LogP contribution is 2.14. The minimum absolute atomic E-state index is 0.0578. The molecule has 1 aliphatic heterocycles. The van der Waals surface area contributed by atoms with Gasteiger partial charge in [0.2, 0.25) is 10.0 Å². The van der Waals surface area contributed by atoms with Crippen LogP contribution >= 0.6 is 0 Å². The highest BCUT2D eigenvalue weighted by atomic mass is 32.2. The first-order chi connectivity index (χ1) is 9.97. The molecule has 2 rings (SSSR count). The second kappa shape index (κ2) is 6.84. The number of carbonyl (C=O) groups is 1. The number of carboxylic acids is 1. The summed E-state index contributed by atoms with van der Waals surface area (Å²) in [6.07, 6.45) is 4.16. The zero-order chi connectivity index (χ0) is 15.3. The van der Waals surface area contributed by atoms with Crippen LogP contribution in [0.1, 0.15) is 18.4 Å². The van der Waals surface area contributed by atoms with Crippen molar-refractivity contribution in [1.82, 2.24) is 4.72 Å². The molecule has 0 spiro atoms. The summed E-state index contributed by atoms with van der Waals surface area (Å²) in [5, 5.41) is 8.53. The molecular weight excluding hydrogens is 294 g/mol. The fourth-order valence-electron chi connectivity index (χ4n) is 2.02. The second-order valence-corrected chi connectivity index (χ2v) is 6.49. The van der Waals surface area contributed by atoms with Gasteiger partial charge < -0.3 is 9.84 Å². The van der Waals surface area contributed by atoms with Crippen molar-refractivity contribution in [1.29, 1.82) is 0 Å². The predicted octanol–water partition coefficient (Wildman–Crippen LogP) is 1.24. The lowest BCUT2D eigenvalue weighted by Crippen LogP contribution is -2.31. The smallest absolute Gasteiger partial charge is 0.328 e. The maximum Gasteiger partial charge on any atom is 0.328 e. The molecule has 1 fully saturated rings. The molecule has 21 heavy (non-hydrogen) atoms. The van der Waals surface area contributed by atoms with E-state index in [1.807, 2.05) is 0 Å². The van der Waals surface area contributed by atoms with Crippen molar-refractivity contribution in [2.24, 2.45) is 0 Å². The fraction of sp³-hybridized carbons (Fsp3) is 0.357. The van der Waals surface area contributed by atoms with E-state index in [1.54, 1.807) is 12.1 Å². The molecule has 0 aromatic heterocycles. The van der Waals surface area contributed by atoms with Crippen LogP contribution in [0.4, 0.5) is 0 Å². The van der Waals surface area contributed by atoms with E-state index in [0.29, 0.717) is 12.2 Å². The number of hydrogen-bond acceptors (Lipinski definition) is 4. The van der Waals surface area contributed by atoms with Crippen LogP contribution in [0.25, 0.3) is 6.08 Å². The number of nitrogens with one attached hydrogen (secondary N) is 1. The van der Waals surface area contributed by atoms with Crippen molar-refractivity contribution in [3.8, 4) is 0 Å². The largest absolute Gasteiger partial charge is 0.478 e. The number of sulfonamides is 1. The summed E-state index contributed by atoms with van der Waals surface area (Å²) in [7, 11) is -3.57. The van der Waals surface area contributed by atoms with Gasteiger partial charge in [0.1, 0.15) is 0 Å². The maximum absolute atomic E-state index is 12.1. The van der Waals surface area contributed by atoms with Crippen molar-refractivity contribution >= 4 is 22.1 Å². The van der Waals surface area contributed by atoms with Gasteiger partial charge in [0.25, 0.3) is 0 Å². The second-order valence-electron chi connectivity index (χ2n) is 4.73. The molecule has 0 aliphatic carbocycles. The lowest BCUT2D eigenvalue weighted by Gasteiger charge is -2.11. The average Bonchev–Trinajstić information content (AvgIpc) is 2.97. The Labute approximate surface area is 123 Å². The lowest BCUT2D eigenvalue weighted by molar-refractivity contribution is -0.131. The van der Waals surface area contributed by atoms with Crippen molar-refractivity contribution in [2.75, 3.05) is 13.2 Å². The highest BCUT2D eigenvalue weighted by Gasteiger charge is 2.19. The Morgan fingerprint density at radius 2 is 2.10 bits per heavy atom. The zero-order valence-electron chi connectivity index (χ0n) is 11.4. The third-order valence-electron chi connectivity index (χ3n) is 3.13. The van der Waals surface area contributed by atoms with Gasteiger partial charge in [-0.05, 0) is 36.6 Å². The maximum atomic E-state index is 12.1. The number of aliphatic carboxylic acids is 1. The Bertz CT molecular complexity index is 615. The number of hydrogen-bond donors (Lipinski definition) is 2. The average molecular weight is 311 g/mol. The highest BCUT2D eigenvalue weighted by molar-refractivity contribution is 7.89. The Morgan fingerprint density at radius 3 is 2.67 bits per heavy atom. The lowest BCUT2D eigenvalue weighted by atomic mass is 10.2. The number of ether oxygens (including phenoxy) is 1. The van der Waals surface area contributed by atoms with Crippen molar-refractivity contribution in [3.63, 3.8) is 0 Å². The molecule has 1 saturated heterocycles. The molecule has 0 radical (unpaired) electrons. The van der Waals surface area contributed by atoms with Crippen LogP contribution in [-0.2, 0) is 19.6 Å². The summed E-state index contributed by atoms with van der Waals surface area (Å²) in [5.74, 6) is -1.05. The molecule has 2 N–H and O–H groups in total. The Balaban J connectivity index is 2.00. The van der Waals surface area contributed by atoms with Crippen LogP contribution in [0, 0.1) is 0 Å². The van der Waals surface area contributed by atoms with Gasteiger partial charge in [0.05, 0.1) is 11.0 Å². The van der Waals surface area contributed by atoms with E-state index in [1.165, 1.54) is 18.2 Å². The fourth-order valence-corrected chi connectivity index (χ4v) is 3.08. The van der Waals surface area contributed by atoms with E-state index in [4.69, 9.17) is 9.84 Å². The van der Waals surface area contributed by atoms with Crippen LogP contribution in [-0.4, -0.2) is 38.7 Å². The molecule has 6 nitrogen and oxygen atoms in total. The van der Waals surface area contributed by atoms with E-state index >= 15 is 0 Å². The molecule has 114 valence electrons. The van der Waals surface area contributed by atoms with E-state index < -0.39 is 16.0 Å². The predicted molar refractivity (Wildman–Crippen MR) is 77.3 cm³/mol. The first-order valence-corrected chi connectivity index (χ1v) is 8.08. The Morgan fingerprint density at radius 1 is 1.38 bits per heavy atom. The van der Waals surface area contributed by atoms with Gasteiger partial charge in [-0.3, -0.25) is 0 Å². The quantitative estimate of drug-likeness (QED) is 0.771. The van der Waals surface area contributed by atoms with Crippen molar-refractivity contribution in [2.45, 2.75) is 23.8 Å². The van der Waals surface area contributed by atoms with E-state index in [9.17, 15) is 13.2 Å². The topological polar surface area (TPSA) is 92.7 Å². The van der Waals surface area contributed by atoms with Crippen LogP contribution in [0.2, 0.25) is 0 Å². The molecule has 0 bridgehead atoms. The van der Waals surface area contributed by atoms with Crippen LogP contribution in [0.5, 0.6) is 0 Å². The molecule has 1 atom stereocenters. The summed E-state index contributed by atoms with van der Waals surface area (Å²) in [6, 6.07) is 6.00. The number of carboxylic acid groups (broad SMARTS) is 1. The van der Waals surface area contributed by atoms with E-state index in [0.717, 1.165) is 18.9 Å². The molecule has 1 heterocycles. The van der Waals surface area contributed by atoms with Crippen LogP contribution < -0.4 is 4.72 Å². The summed E-state index contributed by atoms with van der Waals surface area (Å²) < 4.78 is 32.1. The number of rotatable bonds is 6. The molecule has 1 aromatic rings. The molecule has 1 unspecified atom stereocenters.